The van der Waals surface area contributed by atoms with Gasteiger partial charge in [0.15, 0.2) is 5.75 Å². The standard InChI is InChI=1S/C25H27N3O6/c1-25(2)8-6-17-14(7-11-34-17)23(25)27-19-18(21(30)22(19)31)26-16-5-3-4-15(20(16)29)24(32)28-9-12-33-13-10-28/h3-5,7,11,23,26-27,29H,6,8-10,12-13H2,1-2H3. The van der Waals surface area contributed by atoms with Crippen LogP contribution in [0.2, 0.25) is 0 Å². The monoisotopic (exact) mass is 465 g/mol. The Balaban J connectivity index is 1.42. The van der Waals surface area contributed by atoms with Crippen LogP contribution in [-0.2, 0) is 11.2 Å². The number of phenols is 1. The zero-order valence-corrected chi connectivity index (χ0v) is 19.1. The number of hydrogen-bond donors (Lipinski definition) is 3. The molecular weight excluding hydrogens is 438 g/mol. The second kappa shape index (κ2) is 8.32. The lowest BCUT2D eigenvalue weighted by atomic mass is 9.72. The first kappa shape index (κ1) is 22.2. The van der Waals surface area contributed by atoms with Gasteiger partial charge in [-0.25, -0.2) is 0 Å². The third-order valence-corrected chi connectivity index (χ3v) is 6.89. The highest BCUT2D eigenvalue weighted by atomic mass is 16.5. The molecule has 5 rings (SSSR count). The number of amides is 1. The first-order valence-electron chi connectivity index (χ1n) is 11.4. The van der Waals surface area contributed by atoms with Crippen molar-refractivity contribution in [2.75, 3.05) is 36.9 Å². The van der Waals surface area contributed by atoms with Gasteiger partial charge in [-0.2, -0.15) is 0 Å². The molecule has 1 aliphatic carbocycles. The number of benzene rings is 1. The Kier molecular flexibility index (Phi) is 5.44. The lowest BCUT2D eigenvalue weighted by Gasteiger charge is -2.39. The summed E-state index contributed by atoms with van der Waals surface area (Å²) in [4.78, 5) is 39.4. The molecule has 1 aromatic heterocycles. The van der Waals surface area contributed by atoms with Crippen molar-refractivity contribution in [3.8, 4) is 5.75 Å². The van der Waals surface area contributed by atoms with Crippen molar-refractivity contribution in [3.05, 3.63) is 67.9 Å². The molecule has 1 fully saturated rings. The third-order valence-electron chi connectivity index (χ3n) is 6.89. The second-order valence-electron chi connectivity index (χ2n) is 9.50. The van der Waals surface area contributed by atoms with E-state index < -0.39 is 10.9 Å². The SMILES string of the molecule is CC1(C)CCc2occc2C1Nc1c(Nc2cccc(C(=O)N3CCOCC3)c2O)c(=O)c1=O. The average Bonchev–Trinajstić information content (AvgIpc) is 3.31. The number of furan rings is 1. The zero-order chi connectivity index (χ0) is 24.0. The summed E-state index contributed by atoms with van der Waals surface area (Å²) in [6.07, 6.45) is 3.30. The Morgan fingerprint density at radius 2 is 1.85 bits per heavy atom. The van der Waals surface area contributed by atoms with Crippen molar-refractivity contribution in [3.63, 3.8) is 0 Å². The zero-order valence-electron chi connectivity index (χ0n) is 19.1. The normalized spacial score (nSPS) is 19.6. The summed E-state index contributed by atoms with van der Waals surface area (Å²) in [5.41, 5.74) is 0.0421. The Morgan fingerprint density at radius 3 is 2.62 bits per heavy atom. The molecule has 1 unspecified atom stereocenters. The number of aryl methyl sites for hydroxylation is 1. The van der Waals surface area contributed by atoms with Crippen molar-refractivity contribution in [1.82, 2.24) is 4.90 Å². The van der Waals surface area contributed by atoms with Crippen LogP contribution in [0.4, 0.5) is 17.1 Å². The number of fused-ring (bicyclic) bond motifs is 1. The fraction of sp³-hybridized carbons (Fsp3) is 0.400. The Bertz CT molecular complexity index is 1310. The Morgan fingerprint density at radius 1 is 1.12 bits per heavy atom. The number of nitrogens with zero attached hydrogens (tertiary/aromatic N) is 1. The van der Waals surface area contributed by atoms with E-state index in [0.717, 1.165) is 24.2 Å². The van der Waals surface area contributed by atoms with Gasteiger partial charge < -0.3 is 29.8 Å². The number of phenolic OH excluding ortho intramolecular Hbond substituents is 1. The van der Waals surface area contributed by atoms with Crippen LogP contribution in [0.1, 0.15) is 48.0 Å². The number of rotatable bonds is 5. The van der Waals surface area contributed by atoms with Gasteiger partial charge in [-0.3, -0.25) is 14.4 Å². The molecule has 0 radical (unpaired) electrons. The molecular formula is C25H27N3O6. The molecule has 2 aromatic carbocycles. The van der Waals surface area contributed by atoms with Gasteiger partial charge in [-0.15, -0.1) is 0 Å². The van der Waals surface area contributed by atoms with Gasteiger partial charge in [-0.1, -0.05) is 19.9 Å². The lowest BCUT2D eigenvalue weighted by molar-refractivity contribution is 0.0301. The fourth-order valence-electron chi connectivity index (χ4n) is 4.77. The van der Waals surface area contributed by atoms with Gasteiger partial charge in [-0.05, 0) is 30.0 Å². The molecule has 9 heteroatoms. The minimum Gasteiger partial charge on any atom is -0.505 e. The van der Waals surface area contributed by atoms with E-state index in [9.17, 15) is 19.5 Å². The van der Waals surface area contributed by atoms with Crippen molar-refractivity contribution in [1.29, 1.82) is 0 Å². The largest absolute Gasteiger partial charge is 0.505 e. The van der Waals surface area contributed by atoms with Gasteiger partial charge in [0.05, 0.1) is 36.8 Å². The number of aromatic hydroxyl groups is 1. The first-order valence-corrected chi connectivity index (χ1v) is 11.4. The highest BCUT2D eigenvalue weighted by Gasteiger charge is 2.39. The molecule has 3 N–H and O–H groups in total. The van der Waals surface area contributed by atoms with Crippen LogP contribution in [0.25, 0.3) is 0 Å². The number of morpholine rings is 1. The van der Waals surface area contributed by atoms with Crippen LogP contribution in [0.5, 0.6) is 5.75 Å². The molecule has 1 atom stereocenters. The van der Waals surface area contributed by atoms with E-state index in [2.05, 4.69) is 24.5 Å². The first-order chi connectivity index (χ1) is 16.3. The lowest BCUT2D eigenvalue weighted by Crippen LogP contribution is -2.41. The molecule has 178 valence electrons. The van der Waals surface area contributed by atoms with Crippen molar-refractivity contribution in [2.24, 2.45) is 5.41 Å². The van der Waals surface area contributed by atoms with Crippen LogP contribution in [0.3, 0.4) is 0 Å². The number of ether oxygens (including phenoxy) is 1. The minimum absolute atomic E-state index is 0.0719. The number of para-hydroxylation sites is 1. The molecule has 0 spiro atoms. The van der Waals surface area contributed by atoms with Crippen molar-refractivity contribution in [2.45, 2.75) is 32.7 Å². The molecule has 2 aliphatic rings. The molecule has 3 aromatic rings. The summed E-state index contributed by atoms with van der Waals surface area (Å²) in [7, 11) is 0. The van der Waals surface area contributed by atoms with Crippen LogP contribution in [0.15, 0.2) is 44.5 Å². The highest BCUT2D eigenvalue weighted by Crippen LogP contribution is 2.46. The molecule has 0 saturated carbocycles. The van der Waals surface area contributed by atoms with Gasteiger partial charge in [0, 0.05) is 25.1 Å². The predicted molar refractivity (Wildman–Crippen MR) is 127 cm³/mol. The fourth-order valence-corrected chi connectivity index (χ4v) is 4.77. The molecule has 9 nitrogen and oxygen atoms in total. The molecule has 1 saturated heterocycles. The second-order valence-corrected chi connectivity index (χ2v) is 9.50. The van der Waals surface area contributed by atoms with Crippen LogP contribution in [-0.4, -0.2) is 42.2 Å². The summed E-state index contributed by atoms with van der Waals surface area (Å²) in [6.45, 7) is 5.97. The molecule has 0 bridgehead atoms. The summed E-state index contributed by atoms with van der Waals surface area (Å²) in [5, 5.41) is 17.0. The van der Waals surface area contributed by atoms with E-state index in [-0.39, 0.29) is 45.7 Å². The Hall–Kier alpha value is -3.59. The topological polar surface area (TPSA) is 121 Å². The third kappa shape index (κ3) is 3.66. The van der Waals surface area contributed by atoms with E-state index in [4.69, 9.17) is 9.15 Å². The van der Waals surface area contributed by atoms with E-state index >= 15 is 0 Å². The number of carbonyl (C=O) groups excluding carboxylic acids is 1. The maximum atomic E-state index is 12.9. The average molecular weight is 466 g/mol. The summed E-state index contributed by atoms with van der Waals surface area (Å²) < 4.78 is 10.9. The van der Waals surface area contributed by atoms with Crippen molar-refractivity contribution >= 4 is 23.0 Å². The highest BCUT2D eigenvalue weighted by molar-refractivity contribution is 5.99. The molecule has 1 aliphatic heterocycles. The maximum absolute atomic E-state index is 12.9. The summed E-state index contributed by atoms with van der Waals surface area (Å²) in [5.74, 6) is 0.286. The quantitative estimate of drug-likeness (QED) is 0.389. The summed E-state index contributed by atoms with van der Waals surface area (Å²) in [6, 6.07) is 6.38. The van der Waals surface area contributed by atoms with E-state index in [1.165, 1.54) is 6.07 Å². The number of hydrogen-bond acceptors (Lipinski definition) is 8. The predicted octanol–water partition coefficient (Wildman–Crippen LogP) is 2.92. The molecule has 1 amide bonds. The molecule has 34 heavy (non-hydrogen) atoms. The number of carbonyl (C=O) groups is 1. The van der Waals surface area contributed by atoms with Gasteiger partial charge in [0.25, 0.3) is 16.8 Å². The van der Waals surface area contributed by atoms with Gasteiger partial charge in [0.2, 0.25) is 0 Å². The number of anilines is 3. The van der Waals surface area contributed by atoms with Gasteiger partial charge >= 0.3 is 0 Å². The minimum atomic E-state index is -0.673. The van der Waals surface area contributed by atoms with E-state index in [0.29, 0.717) is 26.3 Å². The van der Waals surface area contributed by atoms with Crippen LogP contribution >= 0.6 is 0 Å². The Labute approximate surface area is 196 Å². The van der Waals surface area contributed by atoms with E-state index in [1.54, 1.807) is 23.3 Å². The smallest absolute Gasteiger partial charge is 0.257 e. The number of nitrogens with one attached hydrogen (secondary N) is 2. The summed E-state index contributed by atoms with van der Waals surface area (Å²) >= 11 is 0. The maximum Gasteiger partial charge on any atom is 0.257 e. The molecule has 2 heterocycles. The van der Waals surface area contributed by atoms with Crippen LogP contribution in [0, 0.1) is 5.41 Å². The van der Waals surface area contributed by atoms with Gasteiger partial charge in [0.1, 0.15) is 17.1 Å². The van der Waals surface area contributed by atoms with Crippen LogP contribution < -0.4 is 21.5 Å². The van der Waals surface area contributed by atoms with Crippen molar-refractivity contribution < 1.29 is 19.1 Å². The van der Waals surface area contributed by atoms with E-state index in [1.807, 2.05) is 6.07 Å².